The maximum atomic E-state index is 5.44. The molecule has 0 atom stereocenters. The Kier molecular flexibility index (Phi) is 7.77. The van der Waals surface area contributed by atoms with Gasteiger partial charge in [-0.2, -0.15) is 0 Å². The van der Waals surface area contributed by atoms with Crippen molar-refractivity contribution in [2.24, 2.45) is 0 Å². The fourth-order valence-electron chi connectivity index (χ4n) is 7.54. The first-order valence-electron chi connectivity index (χ1n) is 18.1. The maximum Gasteiger partial charge on any atom is 0.160 e. The van der Waals surface area contributed by atoms with Crippen LogP contribution in [0.2, 0.25) is 0 Å². The van der Waals surface area contributed by atoms with E-state index in [1.165, 1.54) is 27.1 Å². The molecular weight excluding hydrogens is 657 g/mol. The van der Waals surface area contributed by atoms with Gasteiger partial charge in [-0.25, -0.2) is 9.97 Å². The number of fused-ring (bicyclic) bond motifs is 3. The molecule has 0 unspecified atom stereocenters. The van der Waals surface area contributed by atoms with E-state index < -0.39 is 0 Å². The summed E-state index contributed by atoms with van der Waals surface area (Å²) in [6.07, 6.45) is 3.65. The highest BCUT2D eigenvalue weighted by molar-refractivity contribution is 6.10. The topological polar surface area (TPSA) is 51.6 Å². The van der Waals surface area contributed by atoms with Crippen LogP contribution < -0.4 is 0 Å². The minimum absolute atomic E-state index is 0.665. The molecule has 0 radical (unpaired) electrons. The van der Waals surface area contributed by atoms with Crippen molar-refractivity contribution in [3.63, 3.8) is 0 Å². The fourth-order valence-corrected chi connectivity index (χ4v) is 7.54. The third-order valence-electron chi connectivity index (χ3n) is 10.2. The summed E-state index contributed by atoms with van der Waals surface area (Å²) in [5.74, 6) is 0.665. The van der Waals surface area contributed by atoms with Gasteiger partial charge in [-0.1, -0.05) is 146 Å². The first-order chi connectivity index (χ1) is 26.8. The van der Waals surface area contributed by atoms with Crippen molar-refractivity contribution in [1.29, 1.82) is 0 Å². The SMILES string of the molecule is c1ccc(-c2ccc(-c3nc(-c4ccc(-c5ccccn5)cc4)c4cc(-c5cccc6ccccc56)cc(-c5cccc6ccccc56)c4n3)cc2)nc1. The van der Waals surface area contributed by atoms with Gasteiger partial charge in [-0.3, -0.25) is 9.97 Å². The number of pyridine rings is 2. The van der Waals surface area contributed by atoms with E-state index in [9.17, 15) is 0 Å². The Balaban J connectivity index is 1.26. The van der Waals surface area contributed by atoms with Gasteiger partial charge in [0.1, 0.15) is 0 Å². The number of rotatable bonds is 6. The first kappa shape index (κ1) is 31.4. The van der Waals surface area contributed by atoms with Crippen molar-refractivity contribution in [1.82, 2.24) is 19.9 Å². The number of hydrogen-bond donors (Lipinski definition) is 0. The van der Waals surface area contributed by atoms with Crippen LogP contribution in [0.5, 0.6) is 0 Å². The molecule has 7 aromatic carbocycles. The highest BCUT2D eigenvalue weighted by Crippen LogP contribution is 2.42. The number of nitrogens with zero attached hydrogens (tertiary/aromatic N) is 4. The molecule has 0 N–H and O–H groups in total. The molecule has 54 heavy (non-hydrogen) atoms. The van der Waals surface area contributed by atoms with Crippen molar-refractivity contribution in [3.8, 4) is 67.4 Å². The molecule has 0 aliphatic carbocycles. The minimum atomic E-state index is 0.665. The number of benzene rings is 7. The van der Waals surface area contributed by atoms with Gasteiger partial charge in [0.15, 0.2) is 5.82 Å². The average Bonchev–Trinajstić information content (AvgIpc) is 3.26. The summed E-state index contributed by atoms with van der Waals surface area (Å²) in [7, 11) is 0. The molecule has 252 valence electrons. The Labute approximate surface area is 313 Å². The van der Waals surface area contributed by atoms with Crippen LogP contribution in [0.1, 0.15) is 0 Å². The van der Waals surface area contributed by atoms with E-state index in [0.29, 0.717) is 5.82 Å². The highest BCUT2D eigenvalue weighted by Gasteiger charge is 2.19. The van der Waals surface area contributed by atoms with Crippen molar-refractivity contribution in [2.75, 3.05) is 0 Å². The second-order valence-corrected chi connectivity index (χ2v) is 13.5. The van der Waals surface area contributed by atoms with E-state index in [4.69, 9.17) is 9.97 Å². The van der Waals surface area contributed by atoms with Crippen molar-refractivity contribution in [3.05, 3.63) is 194 Å². The molecule has 10 aromatic rings. The summed E-state index contributed by atoms with van der Waals surface area (Å²) in [5, 5.41) is 5.76. The summed E-state index contributed by atoms with van der Waals surface area (Å²) in [4.78, 5) is 20.0. The van der Waals surface area contributed by atoms with Crippen LogP contribution in [0.4, 0.5) is 0 Å². The molecule has 0 aliphatic rings. The van der Waals surface area contributed by atoms with Crippen LogP contribution in [0, 0.1) is 0 Å². The normalized spacial score (nSPS) is 11.3. The van der Waals surface area contributed by atoms with Gasteiger partial charge in [-0.15, -0.1) is 0 Å². The van der Waals surface area contributed by atoms with Crippen molar-refractivity contribution in [2.45, 2.75) is 0 Å². The van der Waals surface area contributed by atoms with Gasteiger partial charge in [0.2, 0.25) is 0 Å². The van der Waals surface area contributed by atoms with E-state index >= 15 is 0 Å². The molecule has 3 aromatic heterocycles. The molecule has 0 saturated heterocycles. The minimum Gasteiger partial charge on any atom is -0.256 e. The molecule has 0 fully saturated rings. The van der Waals surface area contributed by atoms with Gasteiger partial charge in [0, 0.05) is 45.6 Å². The quantitative estimate of drug-likeness (QED) is 0.174. The van der Waals surface area contributed by atoms with Gasteiger partial charge in [-0.05, 0) is 74.6 Å². The monoisotopic (exact) mass is 688 g/mol. The molecule has 10 rings (SSSR count). The lowest BCUT2D eigenvalue weighted by Crippen LogP contribution is -1.98. The molecular formula is C50H32N4. The Morgan fingerprint density at radius 1 is 0.315 bits per heavy atom. The fraction of sp³-hybridized carbons (Fsp3) is 0. The molecule has 0 amide bonds. The van der Waals surface area contributed by atoms with Crippen LogP contribution in [0.25, 0.3) is 99.9 Å². The molecule has 4 nitrogen and oxygen atoms in total. The number of aromatic nitrogens is 4. The van der Waals surface area contributed by atoms with E-state index in [0.717, 1.165) is 66.9 Å². The standard InChI is InChI=1S/C50H32N4/c1-3-15-40-33(11-1)13-9-17-42(40)39-31-44(43-18-10-14-34-12-2-4-16-41(34)43)49-45(32-39)48(37-25-21-35(22-26-37)46-19-5-7-29-51-46)53-50(54-49)38-27-23-36(24-28-38)47-20-6-8-30-52-47/h1-32H. The maximum absolute atomic E-state index is 5.44. The van der Waals surface area contributed by atoms with Crippen molar-refractivity contribution < 1.29 is 0 Å². The largest absolute Gasteiger partial charge is 0.256 e. The van der Waals surface area contributed by atoms with Crippen LogP contribution in [0.15, 0.2) is 194 Å². The summed E-state index contributed by atoms with van der Waals surface area (Å²) in [5.41, 5.74) is 12.1. The summed E-state index contributed by atoms with van der Waals surface area (Å²) in [6.45, 7) is 0. The lowest BCUT2D eigenvalue weighted by Gasteiger charge is -2.17. The summed E-state index contributed by atoms with van der Waals surface area (Å²) < 4.78 is 0. The highest BCUT2D eigenvalue weighted by atomic mass is 14.9. The van der Waals surface area contributed by atoms with E-state index in [1.807, 2.05) is 48.8 Å². The third kappa shape index (κ3) is 5.67. The molecule has 0 saturated carbocycles. The van der Waals surface area contributed by atoms with Crippen LogP contribution in [-0.2, 0) is 0 Å². The second-order valence-electron chi connectivity index (χ2n) is 13.5. The average molecular weight is 689 g/mol. The van der Waals surface area contributed by atoms with Gasteiger partial charge in [0.25, 0.3) is 0 Å². The lowest BCUT2D eigenvalue weighted by molar-refractivity contribution is 1.23. The van der Waals surface area contributed by atoms with Gasteiger partial charge < -0.3 is 0 Å². The van der Waals surface area contributed by atoms with Crippen LogP contribution in [-0.4, -0.2) is 19.9 Å². The molecule has 0 bridgehead atoms. The van der Waals surface area contributed by atoms with Crippen molar-refractivity contribution >= 4 is 32.4 Å². The van der Waals surface area contributed by atoms with E-state index in [1.54, 1.807) is 0 Å². The molecule has 0 spiro atoms. The smallest absolute Gasteiger partial charge is 0.160 e. The van der Waals surface area contributed by atoms with Crippen LogP contribution >= 0.6 is 0 Å². The third-order valence-corrected chi connectivity index (χ3v) is 10.2. The first-order valence-corrected chi connectivity index (χ1v) is 18.1. The van der Waals surface area contributed by atoms with Crippen LogP contribution in [0.3, 0.4) is 0 Å². The molecule has 0 aliphatic heterocycles. The Hall–Kier alpha value is -7.30. The molecule has 4 heteroatoms. The van der Waals surface area contributed by atoms with Gasteiger partial charge in [0.05, 0.1) is 22.6 Å². The summed E-state index contributed by atoms with van der Waals surface area (Å²) >= 11 is 0. The zero-order valence-corrected chi connectivity index (χ0v) is 29.3. The number of hydrogen-bond acceptors (Lipinski definition) is 4. The van der Waals surface area contributed by atoms with Gasteiger partial charge >= 0.3 is 0 Å². The summed E-state index contributed by atoms with van der Waals surface area (Å²) in [6, 6.07) is 63.8. The van der Waals surface area contributed by atoms with E-state index in [-0.39, 0.29) is 0 Å². The second kappa shape index (κ2) is 13.4. The Morgan fingerprint density at radius 3 is 1.44 bits per heavy atom. The molecule has 3 heterocycles. The lowest BCUT2D eigenvalue weighted by atomic mass is 9.90. The Morgan fingerprint density at radius 2 is 0.833 bits per heavy atom. The Bertz CT molecular complexity index is 2950. The van der Waals surface area contributed by atoms with E-state index in [2.05, 4.69) is 156 Å². The zero-order valence-electron chi connectivity index (χ0n) is 29.3. The zero-order chi connectivity index (χ0) is 35.8. The predicted octanol–water partition coefficient (Wildman–Crippen LogP) is 12.7. The predicted molar refractivity (Wildman–Crippen MR) is 223 cm³/mol.